The first kappa shape index (κ1) is 22.8. The molecule has 2 aromatic carbocycles. The fraction of sp³-hybridized carbons (Fsp3) is 0.0952. The lowest BCUT2D eigenvalue weighted by atomic mass is 10.2. The van der Waals surface area contributed by atoms with Crippen LogP contribution in [-0.4, -0.2) is 31.8 Å². The third-order valence-electron chi connectivity index (χ3n) is 3.77. The number of methoxy groups -OCH3 is 1. The van der Waals surface area contributed by atoms with Crippen molar-refractivity contribution < 1.29 is 23.8 Å². The lowest BCUT2D eigenvalue weighted by Gasteiger charge is -2.09. The number of nitrogens with zero attached hydrogens (tertiary/aromatic N) is 1. The van der Waals surface area contributed by atoms with Crippen LogP contribution in [0.2, 0.25) is 5.02 Å². The molecule has 0 unspecified atom stereocenters. The van der Waals surface area contributed by atoms with Gasteiger partial charge in [-0.05, 0) is 69.3 Å². The number of rotatable bonds is 8. The first-order chi connectivity index (χ1) is 15.0. The van der Waals surface area contributed by atoms with E-state index in [1.54, 1.807) is 53.9 Å². The molecule has 160 valence electrons. The molecule has 0 fully saturated rings. The average Bonchev–Trinajstić information content (AvgIpc) is 3.29. The van der Waals surface area contributed by atoms with E-state index in [2.05, 4.69) is 26.5 Å². The summed E-state index contributed by atoms with van der Waals surface area (Å²) in [5.41, 5.74) is 3.01. The number of hydrazone groups is 1. The van der Waals surface area contributed by atoms with Crippen molar-refractivity contribution in [1.29, 1.82) is 0 Å². The molecule has 7 nitrogen and oxygen atoms in total. The van der Waals surface area contributed by atoms with Crippen molar-refractivity contribution in [2.24, 2.45) is 5.10 Å². The smallest absolute Gasteiger partial charge is 0.353 e. The van der Waals surface area contributed by atoms with Crippen molar-refractivity contribution in [1.82, 2.24) is 5.43 Å². The summed E-state index contributed by atoms with van der Waals surface area (Å²) in [6.07, 6.45) is 1.43. The highest BCUT2D eigenvalue weighted by Gasteiger charge is 2.13. The summed E-state index contributed by atoms with van der Waals surface area (Å²) in [4.78, 5) is 24.5. The molecular formula is C21H16BrClN2O5S. The van der Waals surface area contributed by atoms with E-state index < -0.39 is 11.9 Å². The number of halogens is 2. The van der Waals surface area contributed by atoms with E-state index in [4.69, 9.17) is 25.8 Å². The van der Waals surface area contributed by atoms with Gasteiger partial charge in [0.2, 0.25) is 0 Å². The van der Waals surface area contributed by atoms with Crippen molar-refractivity contribution in [2.75, 3.05) is 13.7 Å². The Bertz CT molecular complexity index is 1110. The van der Waals surface area contributed by atoms with Gasteiger partial charge in [-0.15, -0.1) is 11.3 Å². The van der Waals surface area contributed by atoms with Crippen LogP contribution in [0.25, 0.3) is 0 Å². The van der Waals surface area contributed by atoms with E-state index >= 15 is 0 Å². The molecule has 1 N–H and O–H groups in total. The van der Waals surface area contributed by atoms with Gasteiger partial charge in [0.25, 0.3) is 5.91 Å². The first-order valence-electron chi connectivity index (χ1n) is 8.79. The average molecular weight is 524 g/mol. The summed E-state index contributed by atoms with van der Waals surface area (Å²) in [6.45, 7) is -0.224. The van der Waals surface area contributed by atoms with Crippen molar-refractivity contribution in [3.8, 4) is 17.2 Å². The van der Waals surface area contributed by atoms with E-state index in [0.29, 0.717) is 31.4 Å². The largest absolute Gasteiger partial charge is 0.493 e. The van der Waals surface area contributed by atoms with Crippen LogP contribution in [0, 0.1) is 0 Å². The van der Waals surface area contributed by atoms with E-state index in [9.17, 15) is 9.59 Å². The Morgan fingerprint density at radius 1 is 1.16 bits per heavy atom. The van der Waals surface area contributed by atoms with Crippen LogP contribution >= 0.6 is 38.9 Å². The molecule has 1 aromatic heterocycles. The Morgan fingerprint density at radius 3 is 2.68 bits per heavy atom. The number of ether oxygens (including phenoxy) is 3. The molecule has 0 saturated carbocycles. The summed E-state index contributed by atoms with van der Waals surface area (Å²) < 4.78 is 16.7. The molecule has 3 rings (SSSR count). The van der Waals surface area contributed by atoms with Crippen LogP contribution in [0.4, 0.5) is 0 Å². The minimum Gasteiger partial charge on any atom is -0.493 e. The van der Waals surface area contributed by atoms with Crippen LogP contribution in [0.5, 0.6) is 17.2 Å². The Morgan fingerprint density at radius 2 is 1.97 bits per heavy atom. The molecular weight excluding hydrogens is 508 g/mol. The number of thiophene rings is 1. The standard InChI is InChI=1S/C21H16BrClN2O5S/c1-28-18-9-13(4-6-17(18)30-21(27)19-3-2-8-31-19)11-24-25-20(26)12-29-16-7-5-14(23)10-15(16)22/h2-11H,12H2,1H3,(H,25,26)/b24-11+. The predicted molar refractivity (Wildman–Crippen MR) is 123 cm³/mol. The highest BCUT2D eigenvalue weighted by Crippen LogP contribution is 2.29. The summed E-state index contributed by atoms with van der Waals surface area (Å²) in [7, 11) is 1.47. The van der Waals surface area contributed by atoms with Crippen molar-refractivity contribution >= 4 is 57.0 Å². The van der Waals surface area contributed by atoms with Crippen LogP contribution in [-0.2, 0) is 4.79 Å². The van der Waals surface area contributed by atoms with Crippen LogP contribution in [0.3, 0.4) is 0 Å². The molecule has 0 bridgehead atoms. The fourth-order valence-corrected chi connectivity index (χ4v) is 3.74. The minimum atomic E-state index is -0.464. The molecule has 31 heavy (non-hydrogen) atoms. The molecule has 0 saturated heterocycles. The highest BCUT2D eigenvalue weighted by molar-refractivity contribution is 9.10. The summed E-state index contributed by atoms with van der Waals surface area (Å²) in [5.74, 6) is 0.224. The van der Waals surface area contributed by atoms with Gasteiger partial charge in [-0.25, -0.2) is 10.2 Å². The van der Waals surface area contributed by atoms with Gasteiger partial charge in [-0.1, -0.05) is 17.7 Å². The third kappa shape index (κ3) is 6.55. The summed E-state index contributed by atoms with van der Waals surface area (Å²) >= 11 is 10.5. The van der Waals surface area contributed by atoms with Gasteiger partial charge >= 0.3 is 5.97 Å². The molecule has 1 amide bonds. The van der Waals surface area contributed by atoms with Gasteiger partial charge < -0.3 is 14.2 Å². The molecule has 1 heterocycles. The number of benzene rings is 2. The molecule has 0 spiro atoms. The zero-order valence-electron chi connectivity index (χ0n) is 16.1. The summed E-state index contributed by atoms with van der Waals surface area (Å²) in [6, 6.07) is 13.3. The lowest BCUT2D eigenvalue weighted by Crippen LogP contribution is -2.24. The Balaban J connectivity index is 1.55. The molecule has 0 atom stereocenters. The number of hydrogen-bond acceptors (Lipinski definition) is 7. The fourth-order valence-electron chi connectivity index (χ4n) is 2.34. The molecule has 10 heteroatoms. The maximum atomic E-state index is 12.1. The summed E-state index contributed by atoms with van der Waals surface area (Å²) in [5, 5.41) is 6.24. The quantitative estimate of drug-likeness (QED) is 0.196. The number of carbonyl (C=O) groups is 2. The number of hydrogen-bond donors (Lipinski definition) is 1. The van der Waals surface area contributed by atoms with Gasteiger partial charge in [0.15, 0.2) is 18.1 Å². The number of nitrogens with one attached hydrogen (secondary N) is 1. The van der Waals surface area contributed by atoms with Crippen molar-refractivity contribution in [3.05, 3.63) is 73.8 Å². The van der Waals surface area contributed by atoms with E-state index in [1.165, 1.54) is 24.7 Å². The monoisotopic (exact) mass is 522 g/mol. The van der Waals surface area contributed by atoms with E-state index in [-0.39, 0.29) is 12.4 Å². The normalized spacial score (nSPS) is 10.7. The maximum Gasteiger partial charge on any atom is 0.353 e. The zero-order valence-corrected chi connectivity index (χ0v) is 19.3. The molecule has 0 radical (unpaired) electrons. The number of esters is 1. The predicted octanol–water partition coefficient (Wildman–Crippen LogP) is 4.92. The second kappa shape index (κ2) is 10.9. The van der Waals surface area contributed by atoms with Crippen LogP contribution < -0.4 is 19.6 Å². The first-order valence-corrected chi connectivity index (χ1v) is 10.8. The third-order valence-corrected chi connectivity index (χ3v) is 5.47. The van der Waals surface area contributed by atoms with Gasteiger partial charge in [-0.3, -0.25) is 4.79 Å². The molecule has 0 aliphatic heterocycles. The number of carbonyl (C=O) groups excluding carboxylic acids is 2. The van der Waals surface area contributed by atoms with Crippen LogP contribution in [0.1, 0.15) is 15.2 Å². The number of amides is 1. The van der Waals surface area contributed by atoms with Gasteiger partial charge in [0.05, 0.1) is 17.8 Å². The van der Waals surface area contributed by atoms with Crippen LogP contribution in [0.15, 0.2) is 63.5 Å². The molecule has 0 aliphatic rings. The Hall–Kier alpha value is -2.88. The SMILES string of the molecule is COc1cc(/C=N/NC(=O)COc2ccc(Cl)cc2Br)ccc1OC(=O)c1cccs1. The van der Waals surface area contributed by atoms with Gasteiger partial charge in [0.1, 0.15) is 10.6 Å². The van der Waals surface area contributed by atoms with Gasteiger partial charge in [0, 0.05) is 5.02 Å². The Kier molecular flexibility index (Phi) is 8.05. The second-order valence-corrected chi connectivity index (χ2v) is 8.17. The Labute approximate surface area is 195 Å². The second-order valence-electron chi connectivity index (χ2n) is 5.93. The molecule has 3 aromatic rings. The van der Waals surface area contributed by atoms with Crippen molar-refractivity contribution in [3.63, 3.8) is 0 Å². The minimum absolute atomic E-state index is 0.224. The van der Waals surface area contributed by atoms with E-state index in [1.807, 2.05) is 0 Å². The lowest BCUT2D eigenvalue weighted by molar-refractivity contribution is -0.123. The topological polar surface area (TPSA) is 86.2 Å². The maximum absolute atomic E-state index is 12.1. The zero-order chi connectivity index (χ0) is 22.2. The van der Waals surface area contributed by atoms with E-state index in [0.717, 1.165) is 0 Å². The van der Waals surface area contributed by atoms with Gasteiger partial charge in [-0.2, -0.15) is 5.10 Å². The molecule has 0 aliphatic carbocycles. The highest BCUT2D eigenvalue weighted by atomic mass is 79.9. The van der Waals surface area contributed by atoms with Crippen molar-refractivity contribution in [2.45, 2.75) is 0 Å².